The molecule has 1 heterocycles. The van der Waals surface area contributed by atoms with Crippen molar-refractivity contribution in [2.24, 2.45) is 0 Å². The number of hydrogen-bond acceptors (Lipinski definition) is 4. The van der Waals surface area contributed by atoms with Gasteiger partial charge in [-0.15, -0.1) is 0 Å². The highest BCUT2D eigenvalue weighted by Gasteiger charge is 2.21. The normalized spacial score (nSPS) is 15.6. The number of rotatable bonds is 6. The van der Waals surface area contributed by atoms with Crippen molar-refractivity contribution in [2.45, 2.75) is 32.8 Å². The average Bonchev–Trinajstić information content (AvgIpc) is 2.64. The molecule has 2 aromatic carbocycles. The number of nitrogens with one attached hydrogen (secondary N) is 1. The molecule has 1 atom stereocenters. The van der Waals surface area contributed by atoms with Crippen LogP contribution >= 0.6 is 0 Å². The fourth-order valence-corrected chi connectivity index (χ4v) is 2.83. The Morgan fingerprint density at radius 1 is 1.23 bits per heavy atom. The fourth-order valence-electron chi connectivity index (χ4n) is 2.83. The molecule has 5 heteroatoms. The summed E-state index contributed by atoms with van der Waals surface area (Å²) < 4.78 is 17.2. The maximum atomic E-state index is 12.1. The van der Waals surface area contributed by atoms with E-state index in [1.807, 2.05) is 37.3 Å². The highest BCUT2D eigenvalue weighted by atomic mass is 16.6. The van der Waals surface area contributed by atoms with E-state index in [0.29, 0.717) is 24.8 Å². The molecular weight excluding hydrogens is 330 g/mol. The highest BCUT2D eigenvalue weighted by molar-refractivity contribution is 5.77. The molecule has 2 aromatic rings. The third kappa shape index (κ3) is 4.48. The second-order valence-corrected chi connectivity index (χ2v) is 6.79. The van der Waals surface area contributed by atoms with Crippen LogP contribution in [0.25, 0.3) is 0 Å². The van der Waals surface area contributed by atoms with Crippen molar-refractivity contribution in [3.63, 3.8) is 0 Å². The topological polar surface area (TPSA) is 56.8 Å². The Kier molecular flexibility index (Phi) is 5.66. The van der Waals surface area contributed by atoms with Gasteiger partial charge in [0, 0.05) is 0 Å². The van der Waals surface area contributed by atoms with Crippen LogP contribution in [0.1, 0.15) is 30.9 Å². The number of carbonyl (C=O) groups is 1. The third-order valence-corrected chi connectivity index (χ3v) is 4.24. The summed E-state index contributed by atoms with van der Waals surface area (Å²) >= 11 is 0. The number of carbonyl (C=O) groups excluding carboxylic acids is 1. The molecule has 0 saturated heterocycles. The number of amides is 1. The molecule has 1 aliphatic heterocycles. The molecule has 0 fully saturated rings. The van der Waals surface area contributed by atoms with Gasteiger partial charge >= 0.3 is 0 Å². The molecule has 0 spiro atoms. The van der Waals surface area contributed by atoms with E-state index in [-0.39, 0.29) is 18.6 Å². The Morgan fingerprint density at radius 2 is 2.00 bits per heavy atom. The van der Waals surface area contributed by atoms with Crippen molar-refractivity contribution in [3.05, 3.63) is 53.6 Å². The summed E-state index contributed by atoms with van der Waals surface area (Å²) in [7, 11) is 0. The zero-order chi connectivity index (χ0) is 18.5. The smallest absolute Gasteiger partial charge is 0.258 e. The van der Waals surface area contributed by atoms with Gasteiger partial charge in [-0.2, -0.15) is 0 Å². The van der Waals surface area contributed by atoms with Crippen LogP contribution in [0.4, 0.5) is 0 Å². The molecule has 5 nitrogen and oxygen atoms in total. The first kappa shape index (κ1) is 18.1. The van der Waals surface area contributed by atoms with Gasteiger partial charge in [-0.1, -0.05) is 38.1 Å². The largest absolute Gasteiger partial charge is 0.486 e. The molecule has 0 aliphatic carbocycles. The first-order valence-corrected chi connectivity index (χ1v) is 8.91. The van der Waals surface area contributed by atoms with Crippen molar-refractivity contribution >= 4 is 5.91 Å². The molecular formula is C21H25NO4. The molecule has 26 heavy (non-hydrogen) atoms. The molecule has 1 amide bonds. The summed E-state index contributed by atoms with van der Waals surface area (Å²) in [5.41, 5.74) is 2.21. The van der Waals surface area contributed by atoms with Crippen LogP contribution < -0.4 is 19.5 Å². The van der Waals surface area contributed by atoms with E-state index >= 15 is 0 Å². The van der Waals surface area contributed by atoms with Gasteiger partial charge in [-0.25, -0.2) is 0 Å². The van der Waals surface area contributed by atoms with Crippen molar-refractivity contribution in [1.29, 1.82) is 0 Å². The number of benzene rings is 2. The fraction of sp³-hybridized carbons (Fsp3) is 0.381. The van der Waals surface area contributed by atoms with Gasteiger partial charge < -0.3 is 19.5 Å². The highest BCUT2D eigenvalue weighted by Crippen LogP contribution is 2.30. The molecule has 0 saturated carbocycles. The lowest BCUT2D eigenvalue weighted by atomic mass is 10.0. The van der Waals surface area contributed by atoms with Crippen LogP contribution in [0.3, 0.4) is 0 Å². The first-order valence-electron chi connectivity index (χ1n) is 8.91. The molecule has 0 bridgehead atoms. The summed E-state index contributed by atoms with van der Waals surface area (Å²) in [4.78, 5) is 12.1. The number of aryl methyl sites for hydroxylation is 1. The van der Waals surface area contributed by atoms with Gasteiger partial charge in [0.25, 0.3) is 5.91 Å². The van der Waals surface area contributed by atoms with Gasteiger partial charge in [0.05, 0.1) is 6.54 Å². The zero-order valence-corrected chi connectivity index (χ0v) is 15.5. The van der Waals surface area contributed by atoms with E-state index in [1.165, 1.54) is 0 Å². The van der Waals surface area contributed by atoms with Crippen molar-refractivity contribution in [2.75, 3.05) is 19.8 Å². The Hall–Kier alpha value is -2.69. The summed E-state index contributed by atoms with van der Waals surface area (Å²) in [6, 6.07) is 13.6. The lowest BCUT2D eigenvalue weighted by Crippen LogP contribution is -2.42. The maximum absolute atomic E-state index is 12.1. The maximum Gasteiger partial charge on any atom is 0.258 e. The van der Waals surface area contributed by atoms with E-state index in [4.69, 9.17) is 14.2 Å². The van der Waals surface area contributed by atoms with E-state index < -0.39 is 0 Å². The Labute approximate surface area is 154 Å². The third-order valence-electron chi connectivity index (χ3n) is 4.24. The molecule has 0 aromatic heterocycles. The summed E-state index contributed by atoms with van der Waals surface area (Å²) in [6.07, 6.45) is -0.209. The molecule has 3 rings (SSSR count). The first-order chi connectivity index (χ1) is 12.5. The molecule has 0 unspecified atom stereocenters. The van der Waals surface area contributed by atoms with Gasteiger partial charge in [0.1, 0.15) is 18.5 Å². The number of ether oxygens (including phenoxy) is 3. The molecule has 138 valence electrons. The van der Waals surface area contributed by atoms with E-state index in [2.05, 4.69) is 31.3 Å². The average molecular weight is 355 g/mol. The Bertz CT molecular complexity index is 772. The standard InChI is InChI=1S/C21H25NO4/c1-14(2)17-9-8-15(3)10-20(17)25-13-21(23)22-11-16-12-24-18-6-4-5-7-19(18)26-16/h4-10,14,16H,11-13H2,1-3H3,(H,22,23)/t16-/m1/s1. The van der Waals surface area contributed by atoms with Crippen molar-refractivity contribution in [3.8, 4) is 17.2 Å². The number of fused-ring (bicyclic) bond motifs is 1. The number of para-hydroxylation sites is 2. The Morgan fingerprint density at radius 3 is 2.77 bits per heavy atom. The summed E-state index contributed by atoms with van der Waals surface area (Å²) in [5.74, 6) is 2.36. The second kappa shape index (κ2) is 8.13. The molecule has 0 radical (unpaired) electrons. The van der Waals surface area contributed by atoms with Gasteiger partial charge in [0.15, 0.2) is 18.1 Å². The quantitative estimate of drug-likeness (QED) is 0.862. The van der Waals surface area contributed by atoms with Crippen LogP contribution in [0, 0.1) is 6.92 Å². The summed E-state index contributed by atoms with van der Waals surface area (Å²) in [5, 5.41) is 2.85. The Balaban J connectivity index is 1.49. The van der Waals surface area contributed by atoms with Crippen LogP contribution in [0.5, 0.6) is 17.2 Å². The van der Waals surface area contributed by atoms with E-state index in [1.54, 1.807) is 0 Å². The lowest BCUT2D eigenvalue weighted by Gasteiger charge is -2.26. The van der Waals surface area contributed by atoms with Crippen LogP contribution in [-0.2, 0) is 4.79 Å². The van der Waals surface area contributed by atoms with Gasteiger partial charge in [0.2, 0.25) is 0 Å². The second-order valence-electron chi connectivity index (χ2n) is 6.79. The SMILES string of the molecule is Cc1ccc(C(C)C)c(OCC(=O)NC[C@@H]2COc3ccccc3O2)c1. The van der Waals surface area contributed by atoms with E-state index in [9.17, 15) is 4.79 Å². The van der Waals surface area contributed by atoms with Crippen LogP contribution in [0.2, 0.25) is 0 Å². The zero-order valence-electron chi connectivity index (χ0n) is 15.5. The lowest BCUT2D eigenvalue weighted by molar-refractivity contribution is -0.123. The minimum atomic E-state index is -0.209. The van der Waals surface area contributed by atoms with Crippen molar-refractivity contribution in [1.82, 2.24) is 5.32 Å². The van der Waals surface area contributed by atoms with Gasteiger partial charge in [-0.3, -0.25) is 4.79 Å². The minimum absolute atomic E-state index is 0.0205. The summed E-state index contributed by atoms with van der Waals surface area (Å²) in [6.45, 7) is 6.99. The van der Waals surface area contributed by atoms with Crippen LogP contribution in [-0.4, -0.2) is 31.8 Å². The predicted molar refractivity (Wildman–Crippen MR) is 100 cm³/mol. The van der Waals surface area contributed by atoms with Crippen LogP contribution in [0.15, 0.2) is 42.5 Å². The minimum Gasteiger partial charge on any atom is -0.486 e. The van der Waals surface area contributed by atoms with Gasteiger partial charge in [-0.05, 0) is 42.2 Å². The monoisotopic (exact) mass is 355 g/mol. The predicted octanol–water partition coefficient (Wildman–Crippen LogP) is 3.45. The molecule has 1 aliphatic rings. The van der Waals surface area contributed by atoms with E-state index in [0.717, 1.165) is 22.6 Å². The number of hydrogen-bond donors (Lipinski definition) is 1. The molecule has 1 N–H and O–H groups in total. The van der Waals surface area contributed by atoms with Crippen molar-refractivity contribution < 1.29 is 19.0 Å².